The number of carbonyl (C=O) groups is 2. The molecule has 1 aromatic carbocycles. The summed E-state index contributed by atoms with van der Waals surface area (Å²) >= 11 is 0. The lowest BCUT2D eigenvalue weighted by atomic mass is 10.2. The Labute approximate surface area is 165 Å². The standard InChI is InChI=1S/C21H26N4O3/c1-16-3-4-17(14-22-16)13-21(27)24(2)15-20(26)23-18-5-7-19(8-6-18)25-9-11-28-12-10-25/h3-8,14H,9-13,15H2,1-2H3,(H,23,26). The number of benzene rings is 1. The van der Waals surface area contributed by atoms with E-state index in [-0.39, 0.29) is 24.8 Å². The molecule has 1 N–H and O–H groups in total. The van der Waals surface area contributed by atoms with Crippen LogP contribution in [0.15, 0.2) is 42.6 Å². The van der Waals surface area contributed by atoms with Crippen molar-refractivity contribution in [2.75, 3.05) is 50.1 Å². The van der Waals surface area contributed by atoms with Crippen LogP contribution in [0, 0.1) is 6.92 Å². The number of likely N-dealkylation sites (N-methyl/N-ethyl adjacent to an activating group) is 1. The Balaban J connectivity index is 1.48. The van der Waals surface area contributed by atoms with Gasteiger partial charge in [0.1, 0.15) is 0 Å². The van der Waals surface area contributed by atoms with Gasteiger partial charge in [-0.2, -0.15) is 0 Å². The number of nitrogens with zero attached hydrogens (tertiary/aromatic N) is 3. The third kappa shape index (κ3) is 5.53. The number of aryl methyl sites for hydroxylation is 1. The van der Waals surface area contributed by atoms with Crippen molar-refractivity contribution in [2.45, 2.75) is 13.3 Å². The molecule has 1 fully saturated rings. The SMILES string of the molecule is Cc1ccc(CC(=O)N(C)CC(=O)Nc2ccc(N3CCOCC3)cc2)cn1. The van der Waals surface area contributed by atoms with Crippen LogP contribution < -0.4 is 10.2 Å². The monoisotopic (exact) mass is 382 g/mol. The Morgan fingerprint density at radius 3 is 2.50 bits per heavy atom. The molecule has 1 aromatic heterocycles. The minimum atomic E-state index is -0.225. The number of rotatable bonds is 6. The van der Waals surface area contributed by atoms with Crippen LogP contribution >= 0.6 is 0 Å². The number of ether oxygens (including phenoxy) is 1. The van der Waals surface area contributed by atoms with E-state index in [1.54, 1.807) is 13.2 Å². The highest BCUT2D eigenvalue weighted by Gasteiger charge is 2.15. The van der Waals surface area contributed by atoms with Gasteiger partial charge in [0, 0.05) is 43.4 Å². The van der Waals surface area contributed by atoms with Gasteiger partial charge in [-0.25, -0.2) is 0 Å². The molecule has 1 aliphatic heterocycles. The normalized spacial score (nSPS) is 13.9. The van der Waals surface area contributed by atoms with E-state index in [0.29, 0.717) is 5.69 Å². The summed E-state index contributed by atoms with van der Waals surface area (Å²) in [5.74, 6) is -0.347. The topological polar surface area (TPSA) is 74.8 Å². The second-order valence-electron chi connectivity index (χ2n) is 6.93. The molecule has 1 saturated heterocycles. The Morgan fingerprint density at radius 1 is 1.14 bits per heavy atom. The fourth-order valence-electron chi connectivity index (χ4n) is 2.99. The van der Waals surface area contributed by atoms with Crippen molar-refractivity contribution in [3.8, 4) is 0 Å². The molecule has 0 atom stereocenters. The molecule has 2 aromatic rings. The van der Waals surface area contributed by atoms with E-state index in [2.05, 4.69) is 15.2 Å². The average Bonchev–Trinajstić information content (AvgIpc) is 2.71. The summed E-state index contributed by atoms with van der Waals surface area (Å²) in [4.78, 5) is 32.4. The van der Waals surface area contributed by atoms with Crippen LogP contribution in [0.3, 0.4) is 0 Å². The number of pyridine rings is 1. The van der Waals surface area contributed by atoms with E-state index < -0.39 is 0 Å². The number of hydrogen-bond donors (Lipinski definition) is 1. The van der Waals surface area contributed by atoms with E-state index in [1.807, 2.05) is 43.3 Å². The van der Waals surface area contributed by atoms with Gasteiger partial charge in [-0.3, -0.25) is 14.6 Å². The molecule has 7 heteroatoms. The molecule has 0 aliphatic carbocycles. The second-order valence-corrected chi connectivity index (χ2v) is 6.93. The molecule has 3 rings (SSSR count). The summed E-state index contributed by atoms with van der Waals surface area (Å²) in [6, 6.07) is 11.5. The van der Waals surface area contributed by atoms with Gasteiger partial charge in [0.25, 0.3) is 0 Å². The van der Waals surface area contributed by atoms with Crippen LogP contribution in [0.4, 0.5) is 11.4 Å². The van der Waals surface area contributed by atoms with Crippen molar-refractivity contribution in [1.82, 2.24) is 9.88 Å². The van der Waals surface area contributed by atoms with E-state index in [0.717, 1.165) is 43.2 Å². The van der Waals surface area contributed by atoms with Crippen molar-refractivity contribution < 1.29 is 14.3 Å². The first-order chi connectivity index (χ1) is 13.5. The molecule has 28 heavy (non-hydrogen) atoms. The first-order valence-electron chi connectivity index (χ1n) is 9.39. The van der Waals surface area contributed by atoms with E-state index >= 15 is 0 Å². The Hall–Kier alpha value is -2.93. The molecule has 2 heterocycles. The molecule has 0 saturated carbocycles. The largest absolute Gasteiger partial charge is 0.378 e. The van der Waals surface area contributed by atoms with Crippen molar-refractivity contribution in [1.29, 1.82) is 0 Å². The second kappa shape index (κ2) is 9.32. The molecule has 1 aliphatic rings. The van der Waals surface area contributed by atoms with Gasteiger partial charge in [-0.1, -0.05) is 6.07 Å². The molecule has 0 bridgehead atoms. The highest BCUT2D eigenvalue weighted by Crippen LogP contribution is 2.19. The predicted octanol–water partition coefficient (Wildman–Crippen LogP) is 1.87. The van der Waals surface area contributed by atoms with Gasteiger partial charge >= 0.3 is 0 Å². The van der Waals surface area contributed by atoms with Crippen LogP contribution in [-0.2, 0) is 20.7 Å². The molecule has 0 spiro atoms. The smallest absolute Gasteiger partial charge is 0.243 e. The minimum Gasteiger partial charge on any atom is -0.378 e. The average molecular weight is 382 g/mol. The van der Waals surface area contributed by atoms with E-state index in [9.17, 15) is 9.59 Å². The molecule has 2 amide bonds. The lowest BCUT2D eigenvalue weighted by molar-refractivity contribution is -0.132. The molecule has 0 unspecified atom stereocenters. The molecular weight excluding hydrogens is 356 g/mol. The maximum atomic E-state index is 12.3. The number of anilines is 2. The van der Waals surface area contributed by atoms with Crippen LogP contribution in [0.25, 0.3) is 0 Å². The first kappa shape index (κ1) is 19.8. The van der Waals surface area contributed by atoms with E-state index in [4.69, 9.17) is 4.74 Å². The lowest BCUT2D eigenvalue weighted by Crippen LogP contribution is -2.36. The van der Waals surface area contributed by atoms with Gasteiger partial charge in [0.05, 0.1) is 26.2 Å². The third-order valence-electron chi connectivity index (χ3n) is 4.66. The number of aromatic nitrogens is 1. The summed E-state index contributed by atoms with van der Waals surface area (Å²) in [6.45, 7) is 5.11. The van der Waals surface area contributed by atoms with Gasteiger partial charge in [0.15, 0.2) is 0 Å². The summed E-state index contributed by atoms with van der Waals surface area (Å²) in [5.41, 5.74) is 3.57. The summed E-state index contributed by atoms with van der Waals surface area (Å²) < 4.78 is 5.36. The number of nitrogens with one attached hydrogen (secondary N) is 1. The van der Waals surface area contributed by atoms with Gasteiger partial charge < -0.3 is 19.9 Å². The highest BCUT2D eigenvalue weighted by atomic mass is 16.5. The zero-order valence-electron chi connectivity index (χ0n) is 16.4. The minimum absolute atomic E-state index is 0.00331. The van der Waals surface area contributed by atoms with Crippen molar-refractivity contribution in [2.24, 2.45) is 0 Å². The van der Waals surface area contributed by atoms with Gasteiger partial charge in [-0.05, 0) is 42.8 Å². The Morgan fingerprint density at radius 2 is 1.86 bits per heavy atom. The Kier molecular flexibility index (Phi) is 6.60. The zero-order valence-corrected chi connectivity index (χ0v) is 16.4. The lowest BCUT2D eigenvalue weighted by Gasteiger charge is -2.28. The zero-order chi connectivity index (χ0) is 19.9. The summed E-state index contributed by atoms with van der Waals surface area (Å²) in [7, 11) is 1.63. The quantitative estimate of drug-likeness (QED) is 0.826. The van der Waals surface area contributed by atoms with Crippen molar-refractivity contribution in [3.05, 3.63) is 53.9 Å². The number of carbonyl (C=O) groups excluding carboxylic acids is 2. The predicted molar refractivity (Wildman–Crippen MR) is 108 cm³/mol. The van der Waals surface area contributed by atoms with Crippen LogP contribution in [0.5, 0.6) is 0 Å². The number of morpholine rings is 1. The van der Waals surface area contributed by atoms with Gasteiger partial charge in [-0.15, -0.1) is 0 Å². The van der Waals surface area contributed by atoms with Gasteiger partial charge in [0.2, 0.25) is 11.8 Å². The molecule has 148 valence electrons. The molecule has 0 radical (unpaired) electrons. The fourth-order valence-corrected chi connectivity index (χ4v) is 2.99. The van der Waals surface area contributed by atoms with E-state index in [1.165, 1.54) is 4.90 Å². The summed E-state index contributed by atoms with van der Waals surface area (Å²) in [6.07, 6.45) is 1.92. The molecular formula is C21H26N4O3. The summed E-state index contributed by atoms with van der Waals surface area (Å²) in [5, 5.41) is 2.84. The number of hydrogen-bond acceptors (Lipinski definition) is 5. The van der Waals surface area contributed by atoms with Crippen LogP contribution in [0.2, 0.25) is 0 Å². The van der Waals surface area contributed by atoms with Crippen LogP contribution in [0.1, 0.15) is 11.3 Å². The molecule has 7 nitrogen and oxygen atoms in total. The maximum absolute atomic E-state index is 12.3. The first-order valence-corrected chi connectivity index (χ1v) is 9.39. The van der Waals surface area contributed by atoms with Crippen molar-refractivity contribution >= 4 is 23.2 Å². The van der Waals surface area contributed by atoms with Crippen LogP contribution in [-0.4, -0.2) is 61.6 Å². The van der Waals surface area contributed by atoms with Crippen molar-refractivity contribution in [3.63, 3.8) is 0 Å². The third-order valence-corrected chi connectivity index (χ3v) is 4.66. The Bertz CT molecular complexity index is 799. The maximum Gasteiger partial charge on any atom is 0.243 e. The fraction of sp³-hybridized carbons (Fsp3) is 0.381. The highest BCUT2D eigenvalue weighted by molar-refractivity contribution is 5.94. The number of amides is 2.